The number of hydrogen-bond acceptors (Lipinski definition) is 5. The minimum absolute atomic E-state index is 0.0390. The van der Waals surface area contributed by atoms with Gasteiger partial charge in [-0.15, -0.1) is 0 Å². The van der Waals surface area contributed by atoms with E-state index in [-0.39, 0.29) is 6.10 Å². The van der Waals surface area contributed by atoms with Crippen LogP contribution in [0.3, 0.4) is 0 Å². The van der Waals surface area contributed by atoms with E-state index < -0.39 is 11.9 Å². The predicted molar refractivity (Wildman–Crippen MR) is 149 cm³/mol. The summed E-state index contributed by atoms with van der Waals surface area (Å²) in [6.45, 7) is 7.28. The number of benzene rings is 2. The van der Waals surface area contributed by atoms with Crippen LogP contribution in [0.25, 0.3) is 11.1 Å². The molecule has 4 atom stereocenters. The molecule has 38 heavy (non-hydrogen) atoms. The molecule has 1 N–H and O–H groups in total. The van der Waals surface area contributed by atoms with E-state index in [1.165, 1.54) is 35.1 Å². The van der Waals surface area contributed by atoms with Crippen molar-refractivity contribution in [1.29, 1.82) is 0 Å². The molecule has 2 aliphatic heterocycles. The number of fused-ring (bicyclic) bond motifs is 1. The van der Waals surface area contributed by atoms with Gasteiger partial charge in [0.1, 0.15) is 11.9 Å². The Hall–Kier alpha value is -3.38. The van der Waals surface area contributed by atoms with Gasteiger partial charge in [-0.1, -0.05) is 37.3 Å². The summed E-state index contributed by atoms with van der Waals surface area (Å²) < 4.78 is 12.0. The second-order valence-corrected chi connectivity index (χ2v) is 11.0. The Labute approximate surface area is 225 Å². The molecule has 6 nitrogen and oxygen atoms in total. The third kappa shape index (κ3) is 5.56. The number of aromatic nitrogens is 1. The first-order valence-electron chi connectivity index (χ1n) is 13.7. The van der Waals surface area contributed by atoms with Gasteiger partial charge in [0, 0.05) is 30.9 Å². The average molecular weight is 515 g/mol. The Balaban J connectivity index is 1.45. The SMILES string of the molecule is COc1cc(-c2ccc([C@@H]3CCc4ccc(CC(C)C(=O)O)cc4O3)cc2CN2[C@H](C)CC[C@H]2C)ccn1. The molecule has 0 spiro atoms. The summed E-state index contributed by atoms with van der Waals surface area (Å²) >= 11 is 0. The quantitative estimate of drug-likeness (QED) is 0.372. The highest BCUT2D eigenvalue weighted by atomic mass is 16.5. The number of carbonyl (C=O) groups is 1. The lowest BCUT2D eigenvalue weighted by atomic mass is 9.91. The number of likely N-dealkylation sites (tertiary alicyclic amines) is 1. The maximum Gasteiger partial charge on any atom is 0.306 e. The molecule has 1 unspecified atom stereocenters. The van der Waals surface area contributed by atoms with Crippen molar-refractivity contribution >= 4 is 5.97 Å². The van der Waals surface area contributed by atoms with Crippen molar-refractivity contribution in [3.63, 3.8) is 0 Å². The van der Waals surface area contributed by atoms with Gasteiger partial charge < -0.3 is 14.6 Å². The molecule has 5 rings (SSSR count). The second-order valence-electron chi connectivity index (χ2n) is 11.0. The standard InChI is InChI=1S/C32H38N2O4/c1-20(32(35)36)15-23-7-8-24-10-12-29(38-30(24)16-23)26-9-11-28(25-13-14-33-31(18-25)37-4)27(17-26)19-34-21(2)5-6-22(34)3/h7-9,11,13-14,16-18,20-22,29H,5-6,10,12,15,19H2,1-4H3,(H,35,36)/t20?,21-,22-,29+/m1/s1. The molecule has 6 heteroatoms. The first-order chi connectivity index (χ1) is 18.3. The maximum absolute atomic E-state index is 11.3. The number of aliphatic carboxylic acids is 1. The molecule has 0 saturated carbocycles. The van der Waals surface area contributed by atoms with E-state index in [2.05, 4.69) is 48.0 Å². The number of hydrogen-bond donors (Lipinski definition) is 1. The molecule has 2 aromatic carbocycles. The van der Waals surface area contributed by atoms with Crippen LogP contribution < -0.4 is 9.47 Å². The van der Waals surface area contributed by atoms with Gasteiger partial charge in [-0.2, -0.15) is 0 Å². The van der Waals surface area contributed by atoms with Gasteiger partial charge in [0.05, 0.1) is 13.0 Å². The zero-order chi connectivity index (χ0) is 26.8. The first-order valence-corrected chi connectivity index (χ1v) is 13.7. The molecule has 1 saturated heterocycles. The van der Waals surface area contributed by atoms with Crippen molar-refractivity contribution in [3.05, 3.63) is 77.0 Å². The Morgan fingerprint density at radius 2 is 1.89 bits per heavy atom. The predicted octanol–water partition coefficient (Wildman–Crippen LogP) is 6.46. The Kier molecular flexibility index (Phi) is 7.70. The molecule has 3 heterocycles. The fourth-order valence-corrected chi connectivity index (χ4v) is 5.89. The van der Waals surface area contributed by atoms with Crippen LogP contribution in [0.5, 0.6) is 11.6 Å². The van der Waals surface area contributed by atoms with Gasteiger partial charge in [0.15, 0.2) is 0 Å². The summed E-state index contributed by atoms with van der Waals surface area (Å²) in [5, 5.41) is 9.32. The molecular weight excluding hydrogens is 476 g/mol. The topological polar surface area (TPSA) is 71.9 Å². The minimum atomic E-state index is -0.775. The lowest BCUT2D eigenvalue weighted by Gasteiger charge is -2.30. The number of methoxy groups -OCH3 is 1. The monoisotopic (exact) mass is 514 g/mol. The van der Waals surface area contributed by atoms with Crippen LogP contribution in [-0.4, -0.2) is 40.2 Å². The summed E-state index contributed by atoms with van der Waals surface area (Å²) in [5.74, 6) is 0.288. The molecule has 200 valence electrons. The fraction of sp³-hybridized carbons (Fsp3) is 0.438. The van der Waals surface area contributed by atoms with E-state index in [0.29, 0.717) is 24.4 Å². The van der Waals surface area contributed by atoms with E-state index in [1.807, 2.05) is 24.3 Å². The highest BCUT2D eigenvalue weighted by molar-refractivity contribution is 5.70. The summed E-state index contributed by atoms with van der Waals surface area (Å²) in [5.41, 5.74) is 6.95. The van der Waals surface area contributed by atoms with Gasteiger partial charge >= 0.3 is 5.97 Å². The zero-order valence-electron chi connectivity index (χ0n) is 22.8. The normalized spacial score (nSPS) is 21.9. The number of pyridine rings is 1. The van der Waals surface area contributed by atoms with E-state index in [4.69, 9.17) is 9.47 Å². The van der Waals surface area contributed by atoms with Gasteiger partial charge in [0.2, 0.25) is 5.88 Å². The first kappa shape index (κ1) is 26.2. The highest BCUT2D eigenvalue weighted by Crippen LogP contribution is 2.38. The number of aryl methyl sites for hydroxylation is 1. The zero-order valence-corrected chi connectivity index (χ0v) is 22.8. The Bertz CT molecular complexity index is 1300. The summed E-state index contributed by atoms with van der Waals surface area (Å²) in [6, 6.07) is 18.1. The van der Waals surface area contributed by atoms with Gasteiger partial charge in [-0.3, -0.25) is 9.69 Å². The number of ether oxygens (including phenoxy) is 2. The van der Waals surface area contributed by atoms with E-state index in [9.17, 15) is 9.90 Å². The molecule has 0 bridgehead atoms. The van der Waals surface area contributed by atoms with Crippen LogP contribution >= 0.6 is 0 Å². The number of carboxylic acid groups (broad SMARTS) is 1. The van der Waals surface area contributed by atoms with E-state index in [1.54, 1.807) is 20.2 Å². The number of nitrogens with zero attached hydrogens (tertiary/aromatic N) is 2. The highest BCUT2D eigenvalue weighted by Gasteiger charge is 2.29. The molecule has 0 amide bonds. The molecular formula is C32H38N2O4. The van der Waals surface area contributed by atoms with Crippen molar-refractivity contribution in [2.24, 2.45) is 5.92 Å². The summed E-state index contributed by atoms with van der Waals surface area (Å²) in [7, 11) is 1.65. The van der Waals surface area contributed by atoms with Crippen molar-refractivity contribution in [3.8, 4) is 22.8 Å². The lowest BCUT2D eigenvalue weighted by Crippen LogP contribution is -2.32. The molecule has 0 radical (unpaired) electrons. The Morgan fingerprint density at radius 3 is 2.63 bits per heavy atom. The summed E-state index contributed by atoms with van der Waals surface area (Å²) in [6.07, 6.45) is 6.57. The van der Waals surface area contributed by atoms with Crippen LogP contribution in [0.4, 0.5) is 0 Å². The van der Waals surface area contributed by atoms with Crippen LogP contribution in [0, 0.1) is 5.92 Å². The maximum atomic E-state index is 11.3. The number of carboxylic acids is 1. The second kappa shape index (κ2) is 11.2. The third-order valence-electron chi connectivity index (χ3n) is 8.28. The smallest absolute Gasteiger partial charge is 0.306 e. The van der Waals surface area contributed by atoms with E-state index >= 15 is 0 Å². The largest absolute Gasteiger partial charge is 0.485 e. The molecule has 3 aromatic rings. The molecule has 2 aliphatic rings. The van der Waals surface area contributed by atoms with Crippen molar-refractivity contribution in [2.45, 2.75) is 77.6 Å². The van der Waals surface area contributed by atoms with Crippen LogP contribution in [-0.2, 0) is 24.2 Å². The average Bonchev–Trinajstić information content (AvgIpc) is 3.24. The van der Waals surface area contributed by atoms with Gasteiger partial charge in [-0.25, -0.2) is 4.98 Å². The van der Waals surface area contributed by atoms with Crippen molar-refractivity contribution in [2.75, 3.05) is 7.11 Å². The van der Waals surface area contributed by atoms with Crippen molar-refractivity contribution < 1.29 is 19.4 Å². The summed E-state index contributed by atoms with van der Waals surface area (Å²) in [4.78, 5) is 18.3. The minimum Gasteiger partial charge on any atom is -0.485 e. The Morgan fingerprint density at radius 1 is 1.11 bits per heavy atom. The fourth-order valence-electron chi connectivity index (χ4n) is 5.89. The van der Waals surface area contributed by atoms with E-state index in [0.717, 1.165) is 36.3 Å². The molecule has 1 fully saturated rings. The molecule has 1 aromatic heterocycles. The van der Waals surface area contributed by atoms with Crippen molar-refractivity contribution in [1.82, 2.24) is 9.88 Å². The molecule has 0 aliphatic carbocycles. The van der Waals surface area contributed by atoms with Crippen LogP contribution in [0.2, 0.25) is 0 Å². The third-order valence-corrected chi connectivity index (χ3v) is 8.28. The number of rotatable bonds is 8. The van der Waals surface area contributed by atoms with Gasteiger partial charge in [0.25, 0.3) is 0 Å². The van der Waals surface area contributed by atoms with Crippen LogP contribution in [0.15, 0.2) is 54.7 Å². The van der Waals surface area contributed by atoms with Gasteiger partial charge in [-0.05, 0) is 91.5 Å². The van der Waals surface area contributed by atoms with Crippen LogP contribution in [0.1, 0.15) is 68.4 Å². The lowest BCUT2D eigenvalue weighted by molar-refractivity contribution is -0.141.